The van der Waals surface area contributed by atoms with Crippen molar-refractivity contribution in [2.75, 3.05) is 18.2 Å². The molecule has 1 unspecified atom stereocenters. The lowest BCUT2D eigenvalue weighted by Crippen LogP contribution is -2.41. The molecule has 0 bridgehead atoms. The van der Waals surface area contributed by atoms with E-state index in [1.165, 1.54) is 27.9 Å². The van der Waals surface area contributed by atoms with E-state index in [4.69, 9.17) is 15.0 Å². The molecule has 2 aromatic rings. The number of ether oxygens (including phenoxy) is 1. The van der Waals surface area contributed by atoms with Crippen LogP contribution in [0.4, 0.5) is 11.4 Å². The molecule has 11 heteroatoms. The molecule has 0 aliphatic carbocycles. The molecule has 1 atom stereocenters. The highest BCUT2D eigenvalue weighted by molar-refractivity contribution is 7.89. The zero-order valence-electron chi connectivity index (χ0n) is 14.7. The molecule has 4 N–H and O–H groups in total. The van der Waals surface area contributed by atoms with Crippen LogP contribution in [0.2, 0.25) is 0 Å². The van der Waals surface area contributed by atoms with Gasteiger partial charge in [0.15, 0.2) is 5.76 Å². The molecule has 0 aliphatic heterocycles. The summed E-state index contributed by atoms with van der Waals surface area (Å²) >= 11 is 0. The summed E-state index contributed by atoms with van der Waals surface area (Å²) in [5.74, 6) is 0.0818. The molecule has 0 saturated carbocycles. The summed E-state index contributed by atoms with van der Waals surface area (Å²) < 4.78 is 37.1. The van der Waals surface area contributed by atoms with Gasteiger partial charge >= 0.3 is 0 Å². The minimum Gasteiger partial charge on any atom is -0.497 e. The van der Waals surface area contributed by atoms with Crippen LogP contribution in [0.15, 0.2) is 27.6 Å². The number of halogens is 1. The summed E-state index contributed by atoms with van der Waals surface area (Å²) in [7, 11) is -2.48. The molecule has 2 rings (SSSR count). The van der Waals surface area contributed by atoms with Crippen LogP contribution in [-0.2, 0) is 14.8 Å². The number of anilines is 2. The normalized spacial score (nSPS) is 12.2. The Balaban J connectivity index is 0.00000338. The smallest absolute Gasteiger partial charge is 0.246 e. The lowest BCUT2D eigenvalue weighted by atomic mass is 10.2. The maximum Gasteiger partial charge on any atom is 0.246 e. The number of nitrogen functional groups attached to an aromatic ring is 1. The van der Waals surface area contributed by atoms with E-state index < -0.39 is 22.0 Å². The molecule has 0 spiro atoms. The molecule has 9 nitrogen and oxygen atoms in total. The van der Waals surface area contributed by atoms with Gasteiger partial charge in [0, 0.05) is 6.07 Å². The van der Waals surface area contributed by atoms with Crippen LogP contribution in [0.1, 0.15) is 18.4 Å². The van der Waals surface area contributed by atoms with E-state index in [0.29, 0.717) is 17.1 Å². The molecule has 26 heavy (non-hydrogen) atoms. The van der Waals surface area contributed by atoms with E-state index in [1.807, 2.05) is 0 Å². The van der Waals surface area contributed by atoms with E-state index in [1.54, 1.807) is 18.2 Å². The number of hydrogen-bond donors (Lipinski definition) is 3. The fraction of sp³-hybridized carbons (Fsp3) is 0.333. The van der Waals surface area contributed by atoms with Crippen molar-refractivity contribution in [3.8, 4) is 5.75 Å². The number of amides is 1. The first-order valence-corrected chi connectivity index (χ1v) is 8.83. The van der Waals surface area contributed by atoms with E-state index in [9.17, 15) is 13.2 Å². The summed E-state index contributed by atoms with van der Waals surface area (Å²) in [5, 5.41) is 6.18. The lowest BCUT2D eigenvalue weighted by Gasteiger charge is -2.15. The second kappa shape index (κ2) is 8.39. The summed E-state index contributed by atoms with van der Waals surface area (Å²) in [6.07, 6.45) is 0. The Hall–Kier alpha value is -2.30. The average Bonchev–Trinajstić information content (AvgIpc) is 2.88. The molecule has 0 aliphatic rings. The number of benzene rings is 1. The Morgan fingerprint density at radius 2 is 2.00 bits per heavy atom. The first-order chi connectivity index (χ1) is 11.7. The van der Waals surface area contributed by atoms with Crippen molar-refractivity contribution in [1.29, 1.82) is 0 Å². The van der Waals surface area contributed by atoms with Crippen molar-refractivity contribution >= 4 is 39.7 Å². The molecule has 1 aromatic carbocycles. The van der Waals surface area contributed by atoms with Gasteiger partial charge in [0.2, 0.25) is 15.9 Å². The van der Waals surface area contributed by atoms with Gasteiger partial charge in [-0.3, -0.25) is 4.79 Å². The maximum absolute atomic E-state index is 12.4. The number of sulfonamides is 1. The van der Waals surface area contributed by atoms with Crippen LogP contribution >= 0.6 is 12.4 Å². The highest BCUT2D eigenvalue weighted by Gasteiger charge is 2.28. The first-order valence-electron chi connectivity index (χ1n) is 7.35. The first kappa shape index (κ1) is 21.7. The van der Waals surface area contributed by atoms with Crippen LogP contribution in [0.25, 0.3) is 0 Å². The van der Waals surface area contributed by atoms with Crippen molar-refractivity contribution < 1.29 is 22.5 Å². The highest BCUT2D eigenvalue weighted by Crippen LogP contribution is 2.24. The number of nitrogens with zero attached hydrogens (tertiary/aromatic N) is 1. The van der Waals surface area contributed by atoms with Crippen LogP contribution < -0.4 is 20.5 Å². The van der Waals surface area contributed by atoms with Gasteiger partial charge in [0.25, 0.3) is 0 Å². The molecule has 0 fully saturated rings. The number of carbonyl (C=O) groups excluding carboxylic acids is 1. The Kier molecular flexibility index (Phi) is 7.01. The lowest BCUT2D eigenvalue weighted by molar-refractivity contribution is -0.117. The molecule has 0 radical (unpaired) electrons. The largest absolute Gasteiger partial charge is 0.497 e. The van der Waals surface area contributed by atoms with Gasteiger partial charge in [-0.1, -0.05) is 5.16 Å². The Labute approximate surface area is 157 Å². The molecule has 144 valence electrons. The summed E-state index contributed by atoms with van der Waals surface area (Å²) in [5.41, 5.74) is 6.68. The van der Waals surface area contributed by atoms with Crippen molar-refractivity contribution in [3.63, 3.8) is 0 Å². The number of carbonyl (C=O) groups is 1. The SMILES string of the molecule is COc1ccc(N)c(NC(=O)C(C)NS(=O)(=O)c2c(C)noc2C)c1.Cl. The summed E-state index contributed by atoms with van der Waals surface area (Å²) in [6.45, 7) is 4.41. The van der Waals surface area contributed by atoms with E-state index in [-0.39, 0.29) is 28.8 Å². The average molecular weight is 405 g/mol. The Morgan fingerprint density at radius 1 is 1.35 bits per heavy atom. The minimum absolute atomic E-state index is 0. The van der Waals surface area contributed by atoms with E-state index >= 15 is 0 Å². The highest BCUT2D eigenvalue weighted by atomic mass is 35.5. The van der Waals surface area contributed by atoms with Crippen LogP contribution in [0.5, 0.6) is 5.75 Å². The zero-order chi connectivity index (χ0) is 18.8. The van der Waals surface area contributed by atoms with Gasteiger partial charge in [0.1, 0.15) is 16.3 Å². The molecular weight excluding hydrogens is 384 g/mol. The second-order valence-corrected chi connectivity index (χ2v) is 7.09. The Bertz CT molecular complexity index is 878. The monoisotopic (exact) mass is 404 g/mol. The fourth-order valence-electron chi connectivity index (χ4n) is 2.22. The molecule has 1 aromatic heterocycles. The number of aromatic nitrogens is 1. The summed E-state index contributed by atoms with van der Waals surface area (Å²) in [6, 6.07) is 3.72. The molecule has 1 amide bonds. The van der Waals surface area contributed by atoms with Gasteiger partial charge < -0.3 is 20.3 Å². The number of nitrogens with one attached hydrogen (secondary N) is 2. The third-order valence-electron chi connectivity index (χ3n) is 3.48. The van der Waals surface area contributed by atoms with E-state index in [0.717, 1.165) is 0 Å². The minimum atomic E-state index is -3.96. The van der Waals surface area contributed by atoms with Crippen molar-refractivity contribution in [2.45, 2.75) is 31.7 Å². The number of aryl methyl sites for hydroxylation is 2. The van der Waals surface area contributed by atoms with Crippen LogP contribution in [0, 0.1) is 13.8 Å². The van der Waals surface area contributed by atoms with Gasteiger partial charge in [-0.2, -0.15) is 4.72 Å². The van der Waals surface area contributed by atoms with Crippen LogP contribution in [0.3, 0.4) is 0 Å². The maximum atomic E-state index is 12.4. The second-order valence-electron chi connectivity index (χ2n) is 5.44. The van der Waals surface area contributed by atoms with E-state index in [2.05, 4.69) is 15.2 Å². The predicted molar refractivity (Wildman–Crippen MR) is 99.0 cm³/mol. The fourth-order valence-corrected chi connectivity index (χ4v) is 3.75. The summed E-state index contributed by atoms with van der Waals surface area (Å²) in [4.78, 5) is 12.2. The number of nitrogens with two attached hydrogens (primary N) is 1. The number of rotatable bonds is 6. The number of hydrogen-bond acceptors (Lipinski definition) is 7. The van der Waals surface area contributed by atoms with Crippen molar-refractivity contribution in [3.05, 3.63) is 29.7 Å². The van der Waals surface area contributed by atoms with Gasteiger partial charge in [-0.25, -0.2) is 8.42 Å². The number of methoxy groups -OCH3 is 1. The van der Waals surface area contributed by atoms with Crippen molar-refractivity contribution in [1.82, 2.24) is 9.88 Å². The quantitative estimate of drug-likeness (QED) is 0.622. The molecule has 0 saturated heterocycles. The standard InChI is InChI=1S/C15H20N4O5S.ClH/c1-8-14(10(3)24-18-8)25(21,22)19-9(2)15(20)17-13-7-11(23-4)5-6-12(13)16;/h5-7,9,19H,16H2,1-4H3,(H,17,20);1H. The Morgan fingerprint density at radius 3 is 2.54 bits per heavy atom. The van der Waals surface area contributed by atoms with Gasteiger partial charge in [-0.05, 0) is 32.9 Å². The van der Waals surface area contributed by atoms with Gasteiger partial charge in [0.05, 0.1) is 24.5 Å². The topological polar surface area (TPSA) is 137 Å². The third kappa shape index (κ3) is 4.65. The van der Waals surface area contributed by atoms with Crippen molar-refractivity contribution in [2.24, 2.45) is 0 Å². The van der Waals surface area contributed by atoms with Gasteiger partial charge in [-0.15, -0.1) is 12.4 Å². The molecular formula is C15H21ClN4O5S. The van der Waals surface area contributed by atoms with Crippen LogP contribution in [-0.4, -0.2) is 32.6 Å². The predicted octanol–water partition coefficient (Wildman–Crippen LogP) is 1.61. The third-order valence-corrected chi connectivity index (χ3v) is 5.26. The molecule has 1 heterocycles. The zero-order valence-corrected chi connectivity index (χ0v) is 16.3.